The van der Waals surface area contributed by atoms with Crippen LogP contribution in [0.5, 0.6) is 11.6 Å². The van der Waals surface area contributed by atoms with Crippen molar-refractivity contribution in [3.8, 4) is 11.6 Å². The Morgan fingerprint density at radius 3 is 2.81 bits per heavy atom. The van der Waals surface area contributed by atoms with Gasteiger partial charge in [-0.15, -0.1) is 0 Å². The van der Waals surface area contributed by atoms with Crippen LogP contribution in [0.15, 0.2) is 34.9 Å². The van der Waals surface area contributed by atoms with E-state index in [9.17, 15) is 14.9 Å². The zero-order valence-corrected chi connectivity index (χ0v) is 12.3. The zero-order valence-electron chi connectivity index (χ0n) is 10.7. The molecule has 0 amide bonds. The molecule has 0 unspecified atom stereocenters. The number of aryl methyl sites for hydroxylation is 1. The molecule has 1 heterocycles. The lowest BCUT2D eigenvalue weighted by Crippen LogP contribution is -2.03. The van der Waals surface area contributed by atoms with Crippen molar-refractivity contribution in [2.75, 3.05) is 0 Å². The van der Waals surface area contributed by atoms with Crippen LogP contribution < -0.4 is 4.74 Å². The Kier molecular flexibility index (Phi) is 4.18. The van der Waals surface area contributed by atoms with Gasteiger partial charge in [0.05, 0.1) is 4.92 Å². The molecule has 8 heteroatoms. The first kappa shape index (κ1) is 14.9. The molecule has 0 aliphatic carbocycles. The van der Waals surface area contributed by atoms with Gasteiger partial charge in [-0.1, -0.05) is 12.1 Å². The van der Waals surface area contributed by atoms with E-state index in [1.54, 1.807) is 19.1 Å². The first-order valence-corrected chi connectivity index (χ1v) is 6.50. The number of benzene rings is 1. The van der Waals surface area contributed by atoms with Crippen LogP contribution in [0, 0.1) is 17.0 Å². The average molecular weight is 353 g/mol. The maximum Gasteiger partial charge on any atom is 0.341 e. The summed E-state index contributed by atoms with van der Waals surface area (Å²) < 4.78 is 5.81. The summed E-state index contributed by atoms with van der Waals surface area (Å²) in [4.78, 5) is 25.5. The molecule has 0 atom stereocenters. The third kappa shape index (κ3) is 3.16. The molecule has 0 aliphatic rings. The van der Waals surface area contributed by atoms with Crippen LogP contribution in [0.3, 0.4) is 0 Å². The summed E-state index contributed by atoms with van der Waals surface area (Å²) >= 11 is 3.11. The third-order valence-electron chi connectivity index (χ3n) is 2.64. The van der Waals surface area contributed by atoms with Gasteiger partial charge in [0.25, 0.3) is 0 Å². The molecular weight excluding hydrogens is 344 g/mol. The summed E-state index contributed by atoms with van der Waals surface area (Å²) in [5, 5.41) is 20.2. The first-order valence-electron chi connectivity index (χ1n) is 5.71. The largest absolute Gasteiger partial charge is 0.477 e. The van der Waals surface area contributed by atoms with E-state index < -0.39 is 10.9 Å². The van der Waals surface area contributed by atoms with Gasteiger partial charge in [0.1, 0.15) is 5.56 Å². The molecule has 2 aromatic rings. The lowest BCUT2D eigenvalue weighted by atomic mass is 10.2. The molecule has 1 aromatic heterocycles. The van der Waals surface area contributed by atoms with E-state index in [4.69, 9.17) is 9.84 Å². The fourth-order valence-corrected chi connectivity index (χ4v) is 2.05. The number of nitro groups is 1. The number of rotatable bonds is 4. The van der Waals surface area contributed by atoms with Gasteiger partial charge in [-0.2, -0.15) is 0 Å². The van der Waals surface area contributed by atoms with E-state index in [1.165, 1.54) is 18.3 Å². The molecule has 1 N–H and O–H groups in total. The number of ether oxygens (including phenoxy) is 1. The fraction of sp³-hybridized carbons (Fsp3) is 0.0769. The quantitative estimate of drug-likeness (QED) is 0.666. The van der Waals surface area contributed by atoms with Crippen molar-refractivity contribution in [1.29, 1.82) is 0 Å². The summed E-state index contributed by atoms with van der Waals surface area (Å²) in [7, 11) is 0. The molecular formula is C13H9BrN2O5. The second-order valence-electron chi connectivity index (χ2n) is 4.09. The molecule has 0 fully saturated rings. The predicted molar refractivity (Wildman–Crippen MR) is 76.8 cm³/mol. The van der Waals surface area contributed by atoms with Crippen LogP contribution in [0.2, 0.25) is 0 Å². The minimum absolute atomic E-state index is 0.0580. The Morgan fingerprint density at radius 2 is 2.19 bits per heavy atom. The number of pyridine rings is 1. The van der Waals surface area contributed by atoms with Crippen molar-refractivity contribution in [2.24, 2.45) is 0 Å². The number of nitrogens with zero attached hydrogens (tertiary/aromatic N) is 2. The van der Waals surface area contributed by atoms with Crippen molar-refractivity contribution in [3.63, 3.8) is 0 Å². The van der Waals surface area contributed by atoms with Crippen LogP contribution in [0.1, 0.15) is 15.9 Å². The molecule has 0 radical (unpaired) electrons. The van der Waals surface area contributed by atoms with Crippen molar-refractivity contribution >= 4 is 27.6 Å². The Labute approximate surface area is 127 Å². The van der Waals surface area contributed by atoms with E-state index in [0.717, 1.165) is 0 Å². The van der Waals surface area contributed by atoms with Gasteiger partial charge in [0.2, 0.25) is 11.6 Å². The molecule has 0 aliphatic heterocycles. The van der Waals surface area contributed by atoms with Crippen molar-refractivity contribution < 1.29 is 19.6 Å². The second kappa shape index (κ2) is 5.88. The number of hydrogen-bond acceptors (Lipinski definition) is 5. The summed E-state index contributed by atoms with van der Waals surface area (Å²) in [5.74, 6) is -1.51. The number of halogens is 1. The minimum Gasteiger partial charge on any atom is -0.477 e. The van der Waals surface area contributed by atoms with Crippen molar-refractivity contribution in [3.05, 3.63) is 56.2 Å². The fourth-order valence-electron chi connectivity index (χ4n) is 1.71. The molecule has 1 aromatic carbocycles. The maximum absolute atomic E-state index is 11.2. The van der Waals surface area contributed by atoms with Crippen LogP contribution in [-0.4, -0.2) is 21.0 Å². The Hall–Kier alpha value is -2.48. The summed E-state index contributed by atoms with van der Waals surface area (Å²) in [6.07, 6.45) is 1.35. The number of para-hydroxylation sites is 1. The van der Waals surface area contributed by atoms with Gasteiger partial charge in [-0.25, -0.2) is 9.78 Å². The van der Waals surface area contributed by atoms with Gasteiger partial charge < -0.3 is 9.84 Å². The highest BCUT2D eigenvalue weighted by Gasteiger charge is 2.22. The smallest absolute Gasteiger partial charge is 0.341 e. The zero-order chi connectivity index (χ0) is 15.6. The van der Waals surface area contributed by atoms with Crippen LogP contribution in [-0.2, 0) is 0 Å². The molecule has 0 saturated heterocycles. The predicted octanol–water partition coefficient (Wildman–Crippen LogP) is 3.55. The molecule has 108 valence electrons. The van der Waals surface area contributed by atoms with Gasteiger partial charge in [-0.3, -0.25) is 10.1 Å². The minimum atomic E-state index is -1.24. The van der Waals surface area contributed by atoms with Gasteiger partial charge in [0, 0.05) is 16.2 Å². The lowest BCUT2D eigenvalue weighted by Gasteiger charge is -2.09. The monoisotopic (exact) mass is 352 g/mol. The standard InChI is InChI=1S/C13H9BrN2O5/c1-7-3-2-4-10(11(7)16(19)20)21-12-9(13(17)18)5-8(14)6-15-12/h2-6H,1H3,(H,17,18). The Morgan fingerprint density at radius 1 is 1.48 bits per heavy atom. The molecule has 0 saturated carbocycles. The van der Waals surface area contributed by atoms with Crippen LogP contribution in [0.4, 0.5) is 5.69 Å². The molecule has 7 nitrogen and oxygen atoms in total. The Balaban J connectivity index is 2.51. The molecule has 0 spiro atoms. The topological polar surface area (TPSA) is 103 Å². The van der Waals surface area contributed by atoms with Crippen molar-refractivity contribution in [2.45, 2.75) is 6.92 Å². The third-order valence-corrected chi connectivity index (χ3v) is 3.07. The van der Waals surface area contributed by atoms with Crippen molar-refractivity contribution in [1.82, 2.24) is 4.98 Å². The van der Waals surface area contributed by atoms with Gasteiger partial charge in [0.15, 0.2) is 0 Å². The first-order chi connectivity index (χ1) is 9.90. The Bertz CT molecular complexity index is 732. The van der Waals surface area contributed by atoms with Gasteiger partial charge in [-0.05, 0) is 35.0 Å². The molecule has 21 heavy (non-hydrogen) atoms. The number of aromatic carboxylic acids is 1. The van der Waals surface area contributed by atoms with Crippen LogP contribution >= 0.6 is 15.9 Å². The lowest BCUT2D eigenvalue weighted by molar-refractivity contribution is -0.386. The second-order valence-corrected chi connectivity index (χ2v) is 5.01. The molecule has 0 bridgehead atoms. The van der Waals surface area contributed by atoms with Gasteiger partial charge >= 0.3 is 11.7 Å². The van der Waals surface area contributed by atoms with E-state index in [2.05, 4.69) is 20.9 Å². The number of hydrogen-bond donors (Lipinski definition) is 1. The maximum atomic E-state index is 11.2. The SMILES string of the molecule is Cc1cccc(Oc2ncc(Br)cc2C(=O)O)c1[N+](=O)[O-]. The van der Waals surface area contributed by atoms with E-state index in [1.807, 2.05) is 0 Å². The number of aromatic nitrogens is 1. The average Bonchev–Trinajstić information content (AvgIpc) is 2.40. The highest BCUT2D eigenvalue weighted by atomic mass is 79.9. The number of carbonyl (C=O) groups is 1. The summed E-state index contributed by atoms with van der Waals surface area (Å²) in [6.45, 7) is 1.57. The number of carboxylic acid groups (broad SMARTS) is 1. The van der Waals surface area contributed by atoms with E-state index in [-0.39, 0.29) is 22.9 Å². The molecule has 2 rings (SSSR count). The highest BCUT2D eigenvalue weighted by Crippen LogP contribution is 2.34. The van der Waals surface area contributed by atoms with Crippen LogP contribution in [0.25, 0.3) is 0 Å². The summed E-state index contributed by atoms with van der Waals surface area (Å²) in [5.41, 5.74) is -0.00905. The normalized spacial score (nSPS) is 10.2. The summed E-state index contributed by atoms with van der Waals surface area (Å²) in [6, 6.07) is 5.85. The van der Waals surface area contributed by atoms with E-state index in [0.29, 0.717) is 10.0 Å². The van der Waals surface area contributed by atoms with E-state index >= 15 is 0 Å². The number of carboxylic acids is 1. The highest BCUT2D eigenvalue weighted by molar-refractivity contribution is 9.10. The number of nitro benzene ring substituents is 1.